The third-order valence-corrected chi connectivity index (χ3v) is 3.54. The molecule has 0 aliphatic rings. The fourth-order valence-electron chi connectivity index (χ4n) is 0.236. The Balaban J connectivity index is 3.35. The minimum atomic E-state index is 0.00463. The lowest BCUT2D eigenvalue weighted by Gasteiger charge is -2.04. The molecule has 1 unspecified atom stereocenters. The van der Waals surface area contributed by atoms with Gasteiger partial charge in [0.1, 0.15) is 0 Å². The second-order valence-corrected chi connectivity index (χ2v) is 4.57. The second-order valence-electron chi connectivity index (χ2n) is 1.55. The van der Waals surface area contributed by atoms with Gasteiger partial charge in [-0.25, -0.2) is 0 Å². The van der Waals surface area contributed by atoms with Crippen molar-refractivity contribution in [3.05, 3.63) is 0 Å². The Hall–Kier alpha value is 0.530. The average Bonchev–Trinajstić information content (AvgIpc) is 1.65. The Labute approximate surface area is 52.2 Å². The summed E-state index contributed by atoms with van der Waals surface area (Å²) in [7, 11) is 1.90. The molecule has 0 aromatic rings. The van der Waals surface area contributed by atoms with Gasteiger partial charge in [0.15, 0.2) is 0 Å². The molecule has 0 saturated heterocycles. The van der Waals surface area contributed by atoms with Crippen LogP contribution in [-0.2, 0) is 20.8 Å². The minimum Gasteiger partial charge on any atom is -0.264 e. The third-order valence-electron chi connectivity index (χ3n) is 0.629. The summed E-state index contributed by atoms with van der Waals surface area (Å²) in [4.78, 5) is 0. The van der Waals surface area contributed by atoms with Crippen LogP contribution in [0.15, 0.2) is 0 Å². The summed E-state index contributed by atoms with van der Waals surface area (Å²) >= 11 is 4.98. The maximum Gasteiger partial charge on any atom is 0.0172 e. The highest BCUT2D eigenvalue weighted by Crippen LogP contribution is 1.86. The minimum absolute atomic E-state index is 0.00463. The average molecular weight is 137 g/mol. The van der Waals surface area contributed by atoms with Crippen molar-refractivity contribution < 1.29 is 0 Å². The SMILES string of the molecule is CNS(=S)C(C)C. The molecule has 0 aliphatic carbocycles. The van der Waals surface area contributed by atoms with Crippen molar-refractivity contribution in [2.75, 3.05) is 7.05 Å². The van der Waals surface area contributed by atoms with Gasteiger partial charge in [-0.2, -0.15) is 0 Å². The van der Waals surface area contributed by atoms with E-state index in [1.807, 2.05) is 7.05 Å². The number of hydrogen-bond acceptors (Lipinski definition) is 1. The summed E-state index contributed by atoms with van der Waals surface area (Å²) in [5.41, 5.74) is 0. The fourth-order valence-corrected chi connectivity index (χ4v) is 0.707. The second kappa shape index (κ2) is 3.52. The first-order chi connectivity index (χ1) is 3.18. The van der Waals surface area contributed by atoms with E-state index in [9.17, 15) is 0 Å². The molecule has 0 amide bonds. The van der Waals surface area contributed by atoms with E-state index >= 15 is 0 Å². The molecule has 0 radical (unpaired) electrons. The van der Waals surface area contributed by atoms with Crippen LogP contribution in [0.2, 0.25) is 0 Å². The smallest absolute Gasteiger partial charge is 0.0172 e. The Morgan fingerprint density at radius 3 is 2.00 bits per heavy atom. The maximum atomic E-state index is 4.98. The first kappa shape index (κ1) is 7.53. The first-order valence-corrected chi connectivity index (χ1v) is 4.47. The Morgan fingerprint density at radius 1 is 1.57 bits per heavy atom. The fraction of sp³-hybridized carbons (Fsp3) is 1.00. The van der Waals surface area contributed by atoms with Crippen molar-refractivity contribution in [2.45, 2.75) is 19.1 Å². The zero-order chi connectivity index (χ0) is 5.86. The molecule has 0 aliphatic heterocycles. The van der Waals surface area contributed by atoms with Gasteiger partial charge in [-0.15, -0.1) is 0 Å². The van der Waals surface area contributed by atoms with E-state index in [1.54, 1.807) is 0 Å². The van der Waals surface area contributed by atoms with Gasteiger partial charge in [0.05, 0.1) is 0 Å². The largest absolute Gasteiger partial charge is 0.264 e. The summed E-state index contributed by atoms with van der Waals surface area (Å²) < 4.78 is 3.01. The van der Waals surface area contributed by atoms with E-state index in [1.165, 1.54) is 0 Å². The quantitative estimate of drug-likeness (QED) is 0.598. The van der Waals surface area contributed by atoms with Crippen LogP contribution in [0.1, 0.15) is 13.8 Å². The van der Waals surface area contributed by atoms with Crippen LogP contribution in [0.4, 0.5) is 0 Å². The summed E-state index contributed by atoms with van der Waals surface area (Å²) in [5.74, 6) is 0. The zero-order valence-corrected chi connectivity index (χ0v) is 6.53. The van der Waals surface area contributed by atoms with Crippen molar-refractivity contribution in [1.82, 2.24) is 4.72 Å². The van der Waals surface area contributed by atoms with Gasteiger partial charge in [-0.1, -0.05) is 23.5 Å². The van der Waals surface area contributed by atoms with E-state index in [2.05, 4.69) is 18.6 Å². The summed E-state index contributed by atoms with van der Waals surface area (Å²) in [5, 5.41) is 0.597. The molecule has 3 heteroatoms. The van der Waals surface area contributed by atoms with Crippen molar-refractivity contribution in [2.24, 2.45) is 0 Å². The van der Waals surface area contributed by atoms with Gasteiger partial charge >= 0.3 is 0 Å². The normalized spacial score (nSPS) is 14.9. The molecule has 7 heavy (non-hydrogen) atoms. The lowest BCUT2D eigenvalue weighted by Crippen LogP contribution is -2.18. The van der Waals surface area contributed by atoms with Gasteiger partial charge in [0, 0.05) is 5.25 Å². The Kier molecular flexibility index (Phi) is 3.79. The summed E-state index contributed by atoms with van der Waals surface area (Å²) in [6.45, 7) is 4.24. The van der Waals surface area contributed by atoms with Crippen molar-refractivity contribution in [3.8, 4) is 0 Å². The summed E-state index contributed by atoms with van der Waals surface area (Å²) in [6, 6.07) is 0. The molecule has 1 atom stereocenters. The highest BCUT2D eigenvalue weighted by atomic mass is 32.8. The standard InChI is InChI=1S/C4H11NS2/c1-4(2)7(6)5-3/h4-5H,1-3H3. The molecular formula is C4H11NS2. The summed E-state index contributed by atoms with van der Waals surface area (Å²) in [6.07, 6.45) is 0. The molecule has 44 valence electrons. The molecule has 0 rings (SSSR count). The van der Waals surface area contributed by atoms with Crippen LogP contribution in [0, 0.1) is 0 Å². The van der Waals surface area contributed by atoms with Gasteiger partial charge in [-0.05, 0) is 18.2 Å². The molecule has 0 spiro atoms. The first-order valence-electron chi connectivity index (χ1n) is 2.26. The van der Waals surface area contributed by atoms with E-state index in [4.69, 9.17) is 11.2 Å². The van der Waals surface area contributed by atoms with Gasteiger partial charge < -0.3 is 0 Å². The zero-order valence-electron chi connectivity index (χ0n) is 4.89. The molecule has 1 nitrogen and oxygen atoms in total. The van der Waals surface area contributed by atoms with Gasteiger partial charge in [0.2, 0.25) is 0 Å². The Morgan fingerprint density at radius 2 is 2.00 bits per heavy atom. The predicted octanol–water partition coefficient (Wildman–Crippen LogP) is 0.609. The lowest BCUT2D eigenvalue weighted by atomic mass is 10.6. The molecule has 0 aromatic carbocycles. The van der Waals surface area contributed by atoms with Crippen molar-refractivity contribution in [3.63, 3.8) is 0 Å². The van der Waals surface area contributed by atoms with Crippen LogP contribution in [0.5, 0.6) is 0 Å². The van der Waals surface area contributed by atoms with Crippen LogP contribution < -0.4 is 4.72 Å². The molecule has 0 bridgehead atoms. The highest BCUT2D eigenvalue weighted by molar-refractivity contribution is 8.28. The van der Waals surface area contributed by atoms with Crippen molar-refractivity contribution in [1.29, 1.82) is 0 Å². The van der Waals surface area contributed by atoms with Crippen LogP contribution in [-0.4, -0.2) is 12.3 Å². The van der Waals surface area contributed by atoms with Crippen LogP contribution in [0.3, 0.4) is 0 Å². The number of nitrogens with one attached hydrogen (secondary N) is 1. The Bertz CT molecular complexity index is 70.1. The van der Waals surface area contributed by atoms with E-state index < -0.39 is 0 Å². The molecule has 0 heterocycles. The third kappa shape index (κ3) is 3.14. The van der Waals surface area contributed by atoms with Crippen molar-refractivity contribution >= 4 is 20.8 Å². The molecule has 1 N–H and O–H groups in total. The highest BCUT2D eigenvalue weighted by Gasteiger charge is 1.93. The van der Waals surface area contributed by atoms with E-state index in [0.29, 0.717) is 5.25 Å². The molecule has 0 fully saturated rings. The van der Waals surface area contributed by atoms with Gasteiger partial charge in [-0.3, -0.25) is 4.72 Å². The molecule has 0 saturated carbocycles. The predicted molar refractivity (Wildman–Crippen MR) is 38.9 cm³/mol. The number of hydrogen-bond donors (Lipinski definition) is 1. The van der Waals surface area contributed by atoms with Crippen LogP contribution >= 0.6 is 0 Å². The van der Waals surface area contributed by atoms with E-state index in [0.717, 1.165) is 0 Å². The lowest BCUT2D eigenvalue weighted by molar-refractivity contribution is 1.08. The van der Waals surface area contributed by atoms with Gasteiger partial charge in [0.25, 0.3) is 0 Å². The maximum absolute atomic E-state index is 4.98. The van der Waals surface area contributed by atoms with E-state index in [-0.39, 0.29) is 9.64 Å². The van der Waals surface area contributed by atoms with Crippen LogP contribution in [0.25, 0.3) is 0 Å². The molecular weight excluding hydrogens is 126 g/mol. The number of rotatable bonds is 2. The topological polar surface area (TPSA) is 12.0 Å². The monoisotopic (exact) mass is 137 g/mol. The molecule has 0 aromatic heterocycles.